The summed E-state index contributed by atoms with van der Waals surface area (Å²) in [5.74, 6) is -1.64. The van der Waals surface area contributed by atoms with Gasteiger partial charge in [-0.05, 0) is 42.8 Å². The Balaban J connectivity index is 2.39. The number of nitrogen functional groups attached to an aromatic ring is 1. The molecule has 6 heteroatoms. The van der Waals surface area contributed by atoms with Crippen molar-refractivity contribution in [1.29, 1.82) is 0 Å². The Morgan fingerprint density at radius 3 is 2.52 bits per heavy atom. The van der Waals surface area contributed by atoms with E-state index in [0.717, 1.165) is 6.07 Å². The number of carbonyl (C=O) groups is 1. The Hall–Kier alpha value is -2.63. The summed E-state index contributed by atoms with van der Waals surface area (Å²) >= 11 is 0. The number of methoxy groups -OCH3 is 1. The number of nitrogens with two attached hydrogens (primary N) is 1. The molecule has 0 aliphatic rings. The first kappa shape index (κ1) is 14.8. The smallest absolute Gasteiger partial charge is 0.340 e. The molecule has 0 amide bonds. The van der Waals surface area contributed by atoms with Crippen LogP contribution in [0.1, 0.15) is 15.9 Å². The third-order valence-corrected chi connectivity index (χ3v) is 2.98. The summed E-state index contributed by atoms with van der Waals surface area (Å²) in [6, 6.07) is 6.56. The van der Waals surface area contributed by atoms with Crippen molar-refractivity contribution in [3.63, 3.8) is 0 Å². The van der Waals surface area contributed by atoms with E-state index in [4.69, 9.17) is 5.73 Å². The quantitative estimate of drug-likeness (QED) is 0.672. The Bertz CT molecular complexity index is 702. The molecule has 2 rings (SSSR count). The number of halogens is 2. The van der Waals surface area contributed by atoms with Crippen LogP contribution in [0.3, 0.4) is 0 Å². The standard InChI is InChI=1S/C15H14F2N2O2/c1-8-5-9(3-4-11(8)16)19-14-6-10(15(20)21-2)13(18)7-12(14)17/h3-7,19H,18H2,1-2H3. The van der Waals surface area contributed by atoms with E-state index in [0.29, 0.717) is 11.3 Å². The number of hydrogen-bond donors (Lipinski definition) is 2. The molecular formula is C15H14F2N2O2. The number of aryl methyl sites for hydroxylation is 1. The molecule has 0 saturated heterocycles. The predicted octanol–water partition coefficient (Wildman–Crippen LogP) is 3.39. The minimum atomic E-state index is -0.661. The van der Waals surface area contributed by atoms with Crippen molar-refractivity contribution in [2.24, 2.45) is 0 Å². The minimum absolute atomic E-state index is 0.0137. The maximum atomic E-state index is 13.9. The van der Waals surface area contributed by atoms with Gasteiger partial charge < -0.3 is 15.8 Å². The maximum absolute atomic E-state index is 13.9. The van der Waals surface area contributed by atoms with Gasteiger partial charge in [0, 0.05) is 11.4 Å². The van der Waals surface area contributed by atoms with Crippen LogP contribution in [0.4, 0.5) is 25.8 Å². The fourth-order valence-electron chi connectivity index (χ4n) is 1.85. The van der Waals surface area contributed by atoms with Gasteiger partial charge in [0.25, 0.3) is 0 Å². The van der Waals surface area contributed by atoms with Gasteiger partial charge in [-0.25, -0.2) is 13.6 Å². The van der Waals surface area contributed by atoms with Crippen LogP contribution in [0.15, 0.2) is 30.3 Å². The van der Waals surface area contributed by atoms with Crippen molar-refractivity contribution in [3.8, 4) is 0 Å². The van der Waals surface area contributed by atoms with E-state index in [1.54, 1.807) is 6.92 Å². The first-order valence-corrected chi connectivity index (χ1v) is 6.13. The molecule has 3 N–H and O–H groups in total. The fraction of sp³-hybridized carbons (Fsp3) is 0.133. The van der Waals surface area contributed by atoms with Crippen molar-refractivity contribution in [2.75, 3.05) is 18.2 Å². The van der Waals surface area contributed by atoms with E-state index >= 15 is 0 Å². The van der Waals surface area contributed by atoms with Gasteiger partial charge in [-0.15, -0.1) is 0 Å². The van der Waals surface area contributed by atoms with Crippen LogP contribution >= 0.6 is 0 Å². The van der Waals surface area contributed by atoms with E-state index in [2.05, 4.69) is 10.1 Å². The molecule has 0 saturated carbocycles. The van der Waals surface area contributed by atoms with Gasteiger partial charge >= 0.3 is 5.97 Å². The lowest BCUT2D eigenvalue weighted by molar-refractivity contribution is 0.0602. The zero-order valence-corrected chi connectivity index (χ0v) is 11.5. The largest absolute Gasteiger partial charge is 0.465 e. The molecule has 0 unspecified atom stereocenters. The highest BCUT2D eigenvalue weighted by Crippen LogP contribution is 2.26. The van der Waals surface area contributed by atoms with E-state index in [-0.39, 0.29) is 22.8 Å². The number of nitrogens with one attached hydrogen (secondary N) is 1. The SMILES string of the molecule is COC(=O)c1cc(Nc2ccc(F)c(C)c2)c(F)cc1N. The summed E-state index contributed by atoms with van der Waals surface area (Å²) in [5.41, 5.74) is 6.59. The molecule has 0 aliphatic heterocycles. The molecule has 0 aliphatic carbocycles. The number of rotatable bonds is 3. The molecule has 2 aromatic rings. The van der Waals surface area contributed by atoms with Gasteiger partial charge in [0.05, 0.1) is 18.4 Å². The van der Waals surface area contributed by atoms with E-state index in [1.165, 1.54) is 31.4 Å². The molecule has 110 valence electrons. The molecule has 0 fully saturated rings. The van der Waals surface area contributed by atoms with Crippen molar-refractivity contribution in [3.05, 3.63) is 53.1 Å². The molecular weight excluding hydrogens is 278 g/mol. The van der Waals surface area contributed by atoms with Crippen LogP contribution < -0.4 is 11.1 Å². The first-order valence-electron chi connectivity index (χ1n) is 6.13. The number of esters is 1. The van der Waals surface area contributed by atoms with Crippen LogP contribution in [-0.2, 0) is 4.74 Å². The molecule has 0 spiro atoms. The molecule has 4 nitrogen and oxygen atoms in total. The second-order valence-electron chi connectivity index (χ2n) is 4.50. The number of carbonyl (C=O) groups excluding carboxylic acids is 1. The second-order valence-corrected chi connectivity index (χ2v) is 4.50. The summed E-state index contributed by atoms with van der Waals surface area (Å²) in [6.07, 6.45) is 0. The fourth-order valence-corrected chi connectivity index (χ4v) is 1.85. The lowest BCUT2D eigenvalue weighted by Crippen LogP contribution is -2.07. The topological polar surface area (TPSA) is 64.3 Å². The molecule has 0 radical (unpaired) electrons. The molecule has 0 atom stereocenters. The van der Waals surface area contributed by atoms with Crippen LogP contribution in [0.25, 0.3) is 0 Å². The lowest BCUT2D eigenvalue weighted by atomic mass is 10.1. The highest BCUT2D eigenvalue weighted by molar-refractivity contribution is 5.96. The van der Waals surface area contributed by atoms with Crippen LogP contribution in [0.5, 0.6) is 0 Å². The van der Waals surface area contributed by atoms with Crippen LogP contribution in [0.2, 0.25) is 0 Å². The lowest BCUT2D eigenvalue weighted by Gasteiger charge is -2.12. The number of hydrogen-bond acceptors (Lipinski definition) is 4. The average Bonchev–Trinajstić information content (AvgIpc) is 2.45. The summed E-state index contributed by atoms with van der Waals surface area (Å²) in [4.78, 5) is 11.5. The molecule has 0 heterocycles. The number of anilines is 3. The highest BCUT2D eigenvalue weighted by atomic mass is 19.1. The van der Waals surface area contributed by atoms with Crippen molar-refractivity contribution in [2.45, 2.75) is 6.92 Å². The summed E-state index contributed by atoms with van der Waals surface area (Å²) in [7, 11) is 1.21. The third kappa shape index (κ3) is 3.10. The van der Waals surface area contributed by atoms with Crippen molar-refractivity contribution < 1.29 is 18.3 Å². The highest BCUT2D eigenvalue weighted by Gasteiger charge is 2.15. The zero-order valence-electron chi connectivity index (χ0n) is 11.5. The van der Waals surface area contributed by atoms with E-state index in [1.807, 2.05) is 0 Å². The van der Waals surface area contributed by atoms with Gasteiger partial charge in [-0.3, -0.25) is 0 Å². The maximum Gasteiger partial charge on any atom is 0.340 e. The molecule has 21 heavy (non-hydrogen) atoms. The molecule has 2 aromatic carbocycles. The van der Waals surface area contributed by atoms with Gasteiger partial charge in [0.1, 0.15) is 11.6 Å². The zero-order chi connectivity index (χ0) is 15.6. The summed E-state index contributed by atoms with van der Waals surface area (Å²) in [6.45, 7) is 1.60. The Labute approximate surface area is 120 Å². The van der Waals surface area contributed by atoms with Crippen molar-refractivity contribution in [1.82, 2.24) is 0 Å². The summed E-state index contributed by atoms with van der Waals surface area (Å²) < 4.78 is 31.7. The van der Waals surface area contributed by atoms with E-state index in [9.17, 15) is 13.6 Å². The van der Waals surface area contributed by atoms with Crippen molar-refractivity contribution >= 4 is 23.0 Å². The van der Waals surface area contributed by atoms with Crippen LogP contribution in [0, 0.1) is 18.6 Å². The predicted molar refractivity (Wildman–Crippen MR) is 76.6 cm³/mol. The first-order chi connectivity index (χ1) is 9.92. The van der Waals surface area contributed by atoms with Gasteiger partial charge in [0.2, 0.25) is 0 Å². The Morgan fingerprint density at radius 2 is 1.90 bits per heavy atom. The Kier molecular flexibility index (Phi) is 4.07. The second kappa shape index (κ2) is 5.78. The average molecular weight is 292 g/mol. The van der Waals surface area contributed by atoms with Gasteiger partial charge in [-0.1, -0.05) is 0 Å². The molecule has 0 aromatic heterocycles. The number of ether oxygens (including phenoxy) is 1. The molecule has 0 bridgehead atoms. The van der Waals surface area contributed by atoms with Gasteiger partial charge in [-0.2, -0.15) is 0 Å². The van der Waals surface area contributed by atoms with Gasteiger partial charge in [0.15, 0.2) is 0 Å². The monoisotopic (exact) mass is 292 g/mol. The number of benzene rings is 2. The van der Waals surface area contributed by atoms with Crippen LogP contribution in [-0.4, -0.2) is 13.1 Å². The Morgan fingerprint density at radius 1 is 1.19 bits per heavy atom. The normalized spacial score (nSPS) is 10.3. The summed E-state index contributed by atoms with van der Waals surface area (Å²) in [5, 5.41) is 2.78. The minimum Gasteiger partial charge on any atom is -0.465 e. The van der Waals surface area contributed by atoms with E-state index < -0.39 is 11.8 Å². The third-order valence-electron chi connectivity index (χ3n) is 2.98.